The van der Waals surface area contributed by atoms with Gasteiger partial charge in [-0.05, 0) is 30.3 Å². The van der Waals surface area contributed by atoms with Gasteiger partial charge in [-0.25, -0.2) is 9.97 Å². The highest BCUT2D eigenvalue weighted by Gasteiger charge is 2.21. The lowest BCUT2D eigenvalue weighted by Crippen LogP contribution is -2.49. The van der Waals surface area contributed by atoms with E-state index in [0.717, 1.165) is 48.7 Å². The van der Waals surface area contributed by atoms with Gasteiger partial charge in [-0.15, -0.1) is 0 Å². The number of para-hydroxylation sites is 1. The van der Waals surface area contributed by atoms with Crippen molar-refractivity contribution in [3.63, 3.8) is 0 Å². The van der Waals surface area contributed by atoms with Crippen LogP contribution < -0.4 is 10.2 Å². The molecule has 6 heteroatoms. The van der Waals surface area contributed by atoms with Crippen molar-refractivity contribution in [2.75, 3.05) is 42.9 Å². The molecule has 138 valence electrons. The predicted molar refractivity (Wildman–Crippen MR) is 108 cm³/mol. The zero-order valence-corrected chi connectivity index (χ0v) is 15.2. The first-order valence-corrected chi connectivity index (χ1v) is 9.33. The Morgan fingerprint density at radius 2 is 1.78 bits per heavy atom. The fourth-order valence-corrected chi connectivity index (χ4v) is 3.35. The van der Waals surface area contributed by atoms with E-state index in [4.69, 9.17) is 0 Å². The van der Waals surface area contributed by atoms with E-state index in [1.165, 1.54) is 0 Å². The summed E-state index contributed by atoms with van der Waals surface area (Å²) in [5, 5.41) is 4.38. The summed E-state index contributed by atoms with van der Waals surface area (Å²) in [7, 11) is 0. The Morgan fingerprint density at radius 3 is 2.59 bits per heavy atom. The van der Waals surface area contributed by atoms with E-state index < -0.39 is 0 Å². The summed E-state index contributed by atoms with van der Waals surface area (Å²) in [5.41, 5.74) is 0.958. The molecule has 0 bridgehead atoms. The topological polar surface area (TPSA) is 61.4 Å². The highest BCUT2D eigenvalue weighted by atomic mass is 16.2. The highest BCUT2D eigenvalue weighted by Crippen LogP contribution is 2.15. The van der Waals surface area contributed by atoms with Gasteiger partial charge >= 0.3 is 0 Å². The second-order valence-electron chi connectivity index (χ2n) is 6.62. The van der Waals surface area contributed by atoms with Crippen molar-refractivity contribution in [2.45, 2.75) is 6.42 Å². The number of pyridine rings is 2. The maximum Gasteiger partial charge on any atom is 0.224 e. The van der Waals surface area contributed by atoms with E-state index in [1.807, 2.05) is 59.5 Å². The Kier molecular flexibility index (Phi) is 5.14. The first kappa shape index (κ1) is 17.3. The summed E-state index contributed by atoms with van der Waals surface area (Å²) in [6.07, 6.45) is 2.28. The van der Waals surface area contributed by atoms with Crippen LogP contribution in [0.25, 0.3) is 10.9 Å². The average molecular weight is 361 g/mol. The fraction of sp³-hybridized carbons (Fsp3) is 0.286. The first-order valence-electron chi connectivity index (χ1n) is 9.33. The number of hydrogen-bond donors (Lipinski definition) is 1. The van der Waals surface area contributed by atoms with Crippen LogP contribution in [0, 0.1) is 0 Å². The molecule has 0 radical (unpaired) electrons. The summed E-state index contributed by atoms with van der Waals surface area (Å²) in [6, 6.07) is 17.9. The molecule has 0 spiro atoms. The number of piperazine rings is 1. The summed E-state index contributed by atoms with van der Waals surface area (Å²) < 4.78 is 0. The predicted octanol–water partition coefficient (Wildman–Crippen LogP) is 2.78. The largest absolute Gasteiger partial charge is 0.370 e. The molecule has 4 rings (SSSR count). The highest BCUT2D eigenvalue weighted by molar-refractivity contribution is 5.80. The molecule has 1 N–H and O–H groups in total. The molecule has 27 heavy (non-hydrogen) atoms. The van der Waals surface area contributed by atoms with Crippen LogP contribution in [0.2, 0.25) is 0 Å². The number of carbonyl (C=O) groups is 1. The van der Waals surface area contributed by atoms with Gasteiger partial charge in [0.05, 0.1) is 5.52 Å². The van der Waals surface area contributed by atoms with Crippen molar-refractivity contribution in [3.05, 3.63) is 60.8 Å². The first-order chi connectivity index (χ1) is 13.3. The summed E-state index contributed by atoms with van der Waals surface area (Å²) in [4.78, 5) is 25.6. The standard InChI is InChI=1S/C21H23N5O/c27-21(26-15-13-25(14-16-26)20-7-3-4-11-23-20)10-12-22-19-9-8-17-5-1-2-6-18(17)24-19/h1-9,11H,10,12-16H2,(H,22,24). The SMILES string of the molecule is O=C(CCNc1ccc2ccccc2n1)N1CCN(c2ccccn2)CC1. The van der Waals surface area contributed by atoms with E-state index >= 15 is 0 Å². The molecule has 0 atom stereocenters. The Balaban J connectivity index is 1.25. The van der Waals surface area contributed by atoms with Gasteiger partial charge < -0.3 is 15.1 Å². The van der Waals surface area contributed by atoms with Gasteiger partial charge in [0.1, 0.15) is 11.6 Å². The van der Waals surface area contributed by atoms with Crippen LogP contribution in [-0.2, 0) is 4.79 Å². The molecule has 6 nitrogen and oxygen atoms in total. The lowest BCUT2D eigenvalue weighted by molar-refractivity contribution is -0.131. The third-order valence-corrected chi connectivity index (χ3v) is 4.85. The van der Waals surface area contributed by atoms with E-state index in [1.54, 1.807) is 6.20 Å². The number of nitrogens with zero attached hydrogens (tertiary/aromatic N) is 4. The van der Waals surface area contributed by atoms with Crippen molar-refractivity contribution in [1.82, 2.24) is 14.9 Å². The molecule has 1 aliphatic rings. The molecule has 3 aromatic rings. The van der Waals surface area contributed by atoms with Gasteiger partial charge in [0.2, 0.25) is 5.91 Å². The van der Waals surface area contributed by atoms with Gasteiger partial charge in [0.15, 0.2) is 0 Å². The van der Waals surface area contributed by atoms with Crippen LogP contribution in [0.3, 0.4) is 0 Å². The molecule has 3 heterocycles. The minimum atomic E-state index is 0.184. The Bertz CT molecular complexity index is 907. The molecule has 1 aromatic carbocycles. The van der Waals surface area contributed by atoms with Gasteiger partial charge in [-0.1, -0.05) is 24.3 Å². The summed E-state index contributed by atoms with van der Waals surface area (Å²) in [6.45, 7) is 3.71. The summed E-state index contributed by atoms with van der Waals surface area (Å²) >= 11 is 0. The van der Waals surface area contributed by atoms with Crippen molar-refractivity contribution in [2.24, 2.45) is 0 Å². The molecule has 1 aliphatic heterocycles. The van der Waals surface area contributed by atoms with Gasteiger partial charge in [0, 0.05) is 50.7 Å². The van der Waals surface area contributed by atoms with Crippen LogP contribution in [0.4, 0.5) is 11.6 Å². The van der Waals surface area contributed by atoms with Crippen LogP contribution in [0.5, 0.6) is 0 Å². The number of hydrogen-bond acceptors (Lipinski definition) is 5. The molecule has 1 fully saturated rings. The molecule has 2 aromatic heterocycles. The summed E-state index contributed by atoms with van der Waals surface area (Å²) in [5.74, 6) is 1.97. The molecular formula is C21H23N5O. The molecule has 0 aliphatic carbocycles. The second-order valence-corrected chi connectivity index (χ2v) is 6.62. The Labute approximate surface area is 158 Å². The number of carbonyl (C=O) groups excluding carboxylic acids is 1. The third kappa shape index (κ3) is 4.16. The molecule has 0 unspecified atom stereocenters. The molecule has 1 amide bonds. The number of fused-ring (bicyclic) bond motifs is 1. The zero-order valence-electron chi connectivity index (χ0n) is 15.2. The van der Waals surface area contributed by atoms with E-state index in [2.05, 4.69) is 20.2 Å². The quantitative estimate of drug-likeness (QED) is 0.757. The second kappa shape index (κ2) is 8.03. The molecular weight excluding hydrogens is 338 g/mol. The lowest BCUT2D eigenvalue weighted by atomic mass is 10.2. The fourth-order valence-electron chi connectivity index (χ4n) is 3.35. The van der Waals surface area contributed by atoms with E-state index in [-0.39, 0.29) is 5.91 Å². The normalized spacial score (nSPS) is 14.4. The third-order valence-electron chi connectivity index (χ3n) is 4.85. The Morgan fingerprint density at radius 1 is 0.963 bits per heavy atom. The van der Waals surface area contributed by atoms with Crippen molar-refractivity contribution in [3.8, 4) is 0 Å². The van der Waals surface area contributed by atoms with E-state index in [9.17, 15) is 4.79 Å². The lowest BCUT2D eigenvalue weighted by Gasteiger charge is -2.35. The molecule has 0 saturated carbocycles. The van der Waals surface area contributed by atoms with Crippen LogP contribution in [-0.4, -0.2) is 53.5 Å². The maximum absolute atomic E-state index is 12.5. The van der Waals surface area contributed by atoms with E-state index in [0.29, 0.717) is 13.0 Å². The number of amides is 1. The minimum absolute atomic E-state index is 0.184. The average Bonchev–Trinajstić information content (AvgIpc) is 2.74. The van der Waals surface area contributed by atoms with Crippen molar-refractivity contribution in [1.29, 1.82) is 0 Å². The van der Waals surface area contributed by atoms with Crippen molar-refractivity contribution < 1.29 is 4.79 Å². The smallest absolute Gasteiger partial charge is 0.224 e. The van der Waals surface area contributed by atoms with Gasteiger partial charge in [-0.2, -0.15) is 0 Å². The zero-order chi connectivity index (χ0) is 18.5. The number of benzene rings is 1. The van der Waals surface area contributed by atoms with Crippen LogP contribution in [0.15, 0.2) is 60.8 Å². The van der Waals surface area contributed by atoms with Crippen LogP contribution in [0.1, 0.15) is 6.42 Å². The maximum atomic E-state index is 12.5. The van der Waals surface area contributed by atoms with Crippen molar-refractivity contribution >= 4 is 28.4 Å². The van der Waals surface area contributed by atoms with Crippen LogP contribution >= 0.6 is 0 Å². The van der Waals surface area contributed by atoms with Gasteiger partial charge in [0.25, 0.3) is 0 Å². The monoisotopic (exact) mass is 361 g/mol. The Hall–Kier alpha value is -3.15. The minimum Gasteiger partial charge on any atom is -0.370 e. The number of nitrogens with one attached hydrogen (secondary N) is 1. The molecule has 1 saturated heterocycles. The number of rotatable bonds is 5. The number of aromatic nitrogens is 2. The number of anilines is 2. The van der Waals surface area contributed by atoms with Gasteiger partial charge in [-0.3, -0.25) is 4.79 Å².